The summed E-state index contributed by atoms with van der Waals surface area (Å²) >= 11 is 0. The number of nitrogens with one attached hydrogen (secondary N) is 1. The standard InChI is InChI=1S/C17H19NO3/c1-11-4-8-15(9-5-11)21-13(3)17(20)18-14-7-6-12(2)16(19)10-14/h4-10,13,19H,1-3H3,(H,18,20)/t13-/m0/s1. The van der Waals surface area contributed by atoms with Crippen LogP contribution in [0, 0.1) is 13.8 Å². The van der Waals surface area contributed by atoms with Crippen LogP contribution in [-0.4, -0.2) is 17.1 Å². The van der Waals surface area contributed by atoms with E-state index in [0.717, 1.165) is 11.1 Å². The normalized spacial score (nSPS) is 11.8. The van der Waals surface area contributed by atoms with Gasteiger partial charge in [0, 0.05) is 11.8 Å². The van der Waals surface area contributed by atoms with Gasteiger partial charge in [0.1, 0.15) is 11.5 Å². The molecule has 2 aromatic carbocycles. The minimum Gasteiger partial charge on any atom is -0.508 e. The molecule has 0 spiro atoms. The zero-order chi connectivity index (χ0) is 15.4. The molecule has 0 saturated heterocycles. The minimum atomic E-state index is -0.629. The number of anilines is 1. The third kappa shape index (κ3) is 3.99. The average Bonchev–Trinajstić information content (AvgIpc) is 2.45. The lowest BCUT2D eigenvalue weighted by atomic mass is 10.2. The van der Waals surface area contributed by atoms with E-state index >= 15 is 0 Å². The predicted octanol–water partition coefficient (Wildman–Crippen LogP) is 3.42. The molecule has 0 aliphatic heterocycles. The molecule has 4 heteroatoms. The quantitative estimate of drug-likeness (QED) is 0.905. The van der Waals surface area contributed by atoms with Crippen LogP contribution < -0.4 is 10.1 Å². The third-order valence-corrected chi connectivity index (χ3v) is 3.18. The van der Waals surface area contributed by atoms with Gasteiger partial charge in [-0.3, -0.25) is 4.79 Å². The molecule has 0 aliphatic carbocycles. The molecule has 2 aromatic rings. The highest BCUT2D eigenvalue weighted by Crippen LogP contribution is 2.21. The second kappa shape index (κ2) is 6.31. The number of hydrogen-bond donors (Lipinski definition) is 2. The maximum absolute atomic E-state index is 12.1. The Morgan fingerprint density at radius 1 is 1.14 bits per heavy atom. The summed E-state index contributed by atoms with van der Waals surface area (Å²) < 4.78 is 5.58. The van der Waals surface area contributed by atoms with Crippen molar-refractivity contribution in [3.05, 3.63) is 53.6 Å². The van der Waals surface area contributed by atoms with E-state index in [1.807, 2.05) is 31.2 Å². The van der Waals surface area contributed by atoms with E-state index < -0.39 is 6.10 Å². The molecule has 0 unspecified atom stereocenters. The molecule has 110 valence electrons. The second-order valence-corrected chi connectivity index (χ2v) is 5.06. The number of carbonyl (C=O) groups is 1. The summed E-state index contributed by atoms with van der Waals surface area (Å²) in [5.74, 6) is 0.536. The molecule has 0 saturated carbocycles. The summed E-state index contributed by atoms with van der Waals surface area (Å²) in [6, 6.07) is 12.5. The van der Waals surface area contributed by atoms with E-state index in [1.54, 1.807) is 26.0 Å². The maximum Gasteiger partial charge on any atom is 0.265 e. The fraction of sp³-hybridized carbons (Fsp3) is 0.235. The first kappa shape index (κ1) is 14.9. The van der Waals surface area contributed by atoms with Gasteiger partial charge < -0.3 is 15.2 Å². The molecule has 2 N–H and O–H groups in total. The van der Waals surface area contributed by atoms with Crippen molar-refractivity contribution in [2.24, 2.45) is 0 Å². The molecule has 2 rings (SSSR count). The molecule has 0 bridgehead atoms. The largest absolute Gasteiger partial charge is 0.508 e. The third-order valence-electron chi connectivity index (χ3n) is 3.18. The van der Waals surface area contributed by atoms with E-state index in [4.69, 9.17) is 4.74 Å². The number of rotatable bonds is 4. The lowest BCUT2D eigenvalue weighted by Gasteiger charge is -2.15. The first-order valence-corrected chi connectivity index (χ1v) is 6.79. The zero-order valence-corrected chi connectivity index (χ0v) is 12.4. The van der Waals surface area contributed by atoms with Crippen LogP contribution in [0.1, 0.15) is 18.1 Å². The predicted molar refractivity (Wildman–Crippen MR) is 82.7 cm³/mol. The van der Waals surface area contributed by atoms with Gasteiger partial charge in [0.2, 0.25) is 0 Å². The van der Waals surface area contributed by atoms with Crippen LogP contribution >= 0.6 is 0 Å². The summed E-state index contributed by atoms with van der Waals surface area (Å²) in [5, 5.41) is 12.3. The van der Waals surface area contributed by atoms with Crippen LogP contribution in [0.25, 0.3) is 0 Å². The fourth-order valence-corrected chi connectivity index (χ4v) is 1.81. The Kier molecular flexibility index (Phi) is 4.48. The summed E-state index contributed by atoms with van der Waals surface area (Å²) in [7, 11) is 0. The summed E-state index contributed by atoms with van der Waals surface area (Å²) in [5.41, 5.74) is 2.44. The van der Waals surface area contributed by atoms with E-state index in [2.05, 4.69) is 5.32 Å². The fourth-order valence-electron chi connectivity index (χ4n) is 1.81. The molecule has 0 heterocycles. The topological polar surface area (TPSA) is 58.6 Å². The van der Waals surface area contributed by atoms with Crippen molar-refractivity contribution in [3.63, 3.8) is 0 Å². The number of hydrogen-bond acceptors (Lipinski definition) is 3. The van der Waals surface area contributed by atoms with Gasteiger partial charge >= 0.3 is 0 Å². The Hall–Kier alpha value is -2.49. The van der Waals surface area contributed by atoms with Gasteiger partial charge in [-0.05, 0) is 44.5 Å². The van der Waals surface area contributed by atoms with Gasteiger partial charge in [0.15, 0.2) is 6.10 Å². The van der Waals surface area contributed by atoms with E-state index in [9.17, 15) is 9.90 Å². The maximum atomic E-state index is 12.1. The first-order chi connectivity index (χ1) is 9.95. The van der Waals surface area contributed by atoms with Crippen LogP contribution in [0.5, 0.6) is 11.5 Å². The van der Waals surface area contributed by atoms with E-state index in [0.29, 0.717) is 11.4 Å². The molecule has 4 nitrogen and oxygen atoms in total. The molecule has 1 atom stereocenters. The van der Waals surface area contributed by atoms with E-state index in [1.165, 1.54) is 6.07 Å². The monoisotopic (exact) mass is 285 g/mol. The highest BCUT2D eigenvalue weighted by molar-refractivity contribution is 5.94. The number of phenolic OH excluding ortho intramolecular Hbond substituents is 1. The number of carbonyl (C=O) groups excluding carboxylic acids is 1. The highest BCUT2D eigenvalue weighted by Gasteiger charge is 2.15. The molecule has 0 radical (unpaired) electrons. The first-order valence-electron chi connectivity index (χ1n) is 6.79. The summed E-state index contributed by atoms with van der Waals surface area (Å²) in [6.45, 7) is 5.47. The van der Waals surface area contributed by atoms with Gasteiger partial charge in [-0.1, -0.05) is 23.8 Å². The smallest absolute Gasteiger partial charge is 0.265 e. The summed E-state index contributed by atoms with van der Waals surface area (Å²) in [4.78, 5) is 12.1. The molecular weight excluding hydrogens is 266 g/mol. The Morgan fingerprint density at radius 3 is 2.43 bits per heavy atom. The van der Waals surface area contributed by atoms with Crippen molar-refractivity contribution >= 4 is 11.6 Å². The van der Waals surface area contributed by atoms with Gasteiger partial charge in [0.05, 0.1) is 0 Å². The molecule has 21 heavy (non-hydrogen) atoms. The van der Waals surface area contributed by atoms with Crippen molar-refractivity contribution in [1.29, 1.82) is 0 Å². The number of ether oxygens (including phenoxy) is 1. The number of amides is 1. The average molecular weight is 285 g/mol. The number of aryl methyl sites for hydroxylation is 2. The summed E-state index contributed by atoms with van der Waals surface area (Å²) in [6.07, 6.45) is -0.629. The molecule has 1 amide bonds. The lowest BCUT2D eigenvalue weighted by molar-refractivity contribution is -0.122. The minimum absolute atomic E-state index is 0.153. The van der Waals surface area contributed by atoms with E-state index in [-0.39, 0.29) is 11.7 Å². The Balaban J connectivity index is 1.98. The van der Waals surface area contributed by atoms with Crippen LogP contribution in [-0.2, 0) is 4.79 Å². The van der Waals surface area contributed by atoms with Gasteiger partial charge in [-0.15, -0.1) is 0 Å². The number of benzene rings is 2. The van der Waals surface area contributed by atoms with Gasteiger partial charge in [0.25, 0.3) is 5.91 Å². The zero-order valence-electron chi connectivity index (χ0n) is 12.4. The van der Waals surface area contributed by atoms with Gasteiger partial charge in [-0.2, -0.15) is 0 Å². The van der Waals surface area contributed by atoms with Crippen LogP contribution in [0.3, 0.4) is 0 Å². The Morgan fingerprint density at radius 2 is 1.81 bits per heavy atom. The lowest BCUT2D eigenvalue weighted by Crippen LogP contribution is -2.30. The van der Waals surface area contributed by atoms with Crippen molar-refractivity contribution in [2.45, 2.75) is 26.9 Å². The van der Waals surface area contributed by atoms with Crippen LogP contribution in [0.2, 0.25) is 0 Å². The Bertz CT molecular complexity index is 635. The molecular formula is C17H19NO3. The van der Waals surface area contributed by atoms with Crippen molar-refractivity contribution < 1.29 is 14.6 Å². The second-order valence-electron chi connectivity index (χ2n) is 5.06. The van der Waals surface area contributed by atoms with Crippen LogP contribution in [0.15, 0.2) is 42.5 Å². The number of aromatic hydroxyl groups is 1. The van der Waals surface area contributed by atoms with Crippen molar-refractivity contribution in [2.75, 3.05) is 5.32 Å². The molecule has 0 aliphatic rings. The van der Waals surface area contributed by atoms with Crippen LogP contribution in [0.4, 0.5) is 5.69 Å². The molecule has 0 aromatic heterocycles. The molecule has 0 fully saturated rings. The SMILES string of the molecule is Cc1ccc(O[C@@H](C)C(=O)Nc2ccc(C)c(O)c2)cc1. The highest BCUT2D eigenvalue weighted by atomic mass is 16.5. The van der Waals surface area contributed by atoms with Gasteiger partial charge in [-0.25, -0.2) is 0 Å². The Labute approximate surface area is 124 Å². The van der Waals surface area contributed by atoms with Crippen molar-refractivity contribution in [1.82, 2.24) is 0 Å². The number of phenols is 1. The van der Waals surface area contributed by atoms with Crippen molar-refractivity contribution in [3.8, 4) is 11.5 Å².